The van der Waals surface area contributed by atoms with Gasteiger partial charge in [-0.3, -0.25) is 4.79 Å². The zero-order valence-electron chi connectivity index (χ0n) is 13.7. The summed E-state index contributed by atoms with van der Waals surface area (Å²) < 4.78 is 27.6. The smallest absolute Gasteiger partial charge is 0.228 e. The molecule has 1 saturated carbocycles. The third kappa shape index (κ3) is 3.25. The molecule has 0 aliphatic heterocycles. The molecule has 126 valence electrons. The largest absolute Gasteiger partial charge is 0.375 e. The van der Waals surface area contributed by atoms with Gasteiger partial charge in [0.05, 0.1) is 0 Å². The van der Waals surface area contributed by atoms with Crippen molar-refractivity contribution in [3.05, 3.63) is 59.7 Å². The van der Waals surface area contributed by atoms with Gasteiger partial charge < -0.3 is 10.2 Å². The van der Waals surface area contributed by atoms with E-state index < -0.39 is 11.6 Å². The molecule has 1 N–H and O–H groups in total. The van der Waals surface area contributed by atoms with Crippen LogP contribution >= 0.6 is 0 Å². The number of rotatable bonds is 5. The highest BCUT2D eigenvalue weighted by atomic mass is 19.1. The van der Waals surface area contributed by atoms with Crippen LogP contribution in [0.4, 0.5) is 20.2 Å². The second-order valence-corrected chi connectivity index (χ2v) is 6.14. The maximum atomic E-state index is 13.8. The molecular formula is C19H20F2N2O. The number of halogens is 2. The van der Waals surface area contributed by atoms with Crippen LogP contribution in [-0.2, 0) is 4.79 Å². The molecule has 0 bridgehead atoms. The summed E-state index contributed by atoms with van der Waals surface area (Å²) >= 11 is 0. The number of carbonyl (C=O) groups excluding carboxylic acids is 1. The highest BCUT2D eigenvalue weighted by Crippen LogP contribution is 2.49. The number of carbonyl (C=O) groups is 1. The van der Waals surface area contributed by atoms with Crippen molar-refractivity contribution >= 4 is 17.3 Å². The summed E-state index contributed by atoms with van der Waals surface area (Å²) in [6.07, 6.45) is 0.470. The van der Waals surface area contributed by atoms with E-state index in [1.54, 1.807) is 0 Å². The lowest BCUT2D eigenvalue weighted by atomic mass is 10.1. The zero-order chi connectivity index (χ0) is 17.3. The maximum Gasteiger partial charge on any atom is 0.228 e. The predicted molar refractivity (Wildman–Crippen MR) is 91.2 cm³/mol. The van der Waals surface area contributed by atoms with Gasteiger partial charge in [0, 0.05) is 42.4 Å². The topological polar surface area (TPSA) is 32.3 Å². The zero-order valence-corrected chi connectivity index (χ0v) is 13.7. The van der Waals surface area contributed by atoms with E-state index in [1.807, 2.05) is 38.2 Å². The standard InChI is InChI=1S/C19H20F2N2O/c1-3-23(2)13-7-4-6-12(10-13)22-19(24)15-11-14(15)18-16(20)8-5-9-17(18)21/h4-10,14-15H,3,11H2,1-2H3,(H,22,24). The summed E-state index contributed by atoms with van der Waals surface area (Å²) in [6, 6.07) is 11.3. The molecule has 3 nitrogen and oxygen atoms in total. The molecule has 0 aromatic heterocycles. The van der Waals surface area contributed by atoms with Crippen molar-refractivity contribution in [2.45, 2.75) is 19.3 Å². The van der Waals surface area contributed by atoms with Gasteiger partial charge in [-0.25, -0.2) is 8.78 Å². The van der Waals surface area contributed by atoms with Gasteiger partial charge in [-0.15, -0.1) is 0 Å². The van der Waals surface area contributed by atoms with Gasteiger partial charge in [0.15, 0.2) is 0 Å². The number of nitrogens with zero attached hydrogens (tertiary/aromatic N) is 1. The van der Waals surface area contributed by atoms with Gasteiger partial charge >= 0.3 is 0 Å². The van der Waals surface area contributed by atoms with E-state index in [-0.39, 0.29) is 23.3 Å². The lowest BCUT2D eigenvalue weighted by Crippen LogP contribution is -2.17. The van der Waals surface area contributed by atoms with Crippen molar-refractivity contribution in [1.82, 2.24) is 0 Å². The summed E-state index contributed by atoms with van der Waals surface area (Å²) in [5, 5.41) is 2.85. The minimum Gasteiger partial charge on any atom is -0.375 e. The molecule has 0 spiro atoms. The number of nitrogens with one attached hydrogen (secondary N) is 1. The van der Waals surface area contributed by atoms with E-state index in [9.17, 15) is 13.6 Å². The Bertz CT molecular complexity index is 743. The first-order chi connectivity index (χ1) is 11.5. The molecule has 2 aromatic carbocycles. The van der Waals surface area contributed by atoms with Gasteiger partial charge in [0.1, 0.15) is 11.6 Å². The minimum absolute atomic E-state index is 0.0251. The highest BCUT2D eigenvalue weighted by molar-refractivity contribution is 5.95. The Hall–Kier alpha value is -2.43. The van der Waals surface area contributed by atoms with Crippen molar-refractivity contribution in [1.29, 1.82) is 0 Å². The molecule has 2 aromatic rings. The molecule has 1 amide bonds. The van der Waals surface area contributed by atoms with E-state index in [0.29, 0.717) is 12.1 Å². The fourth-order valence-corrected chi connectivity index (χ4v) is 2.91. The van der Waals surface area contributed by atoms with Crippen LogP contribution < -0.4 is 10.2 Å². The number of hydrogen-bond donors (Lipinski definition) is 1. The molecule has 0 heterocycles. The Balaban J connectivity index is 1.69. The first-order valence-electron chi connectivity index (χ1n) is 8.07. The van der Waals surface area contributed by atoms with Crippen LogP contribution in [0.3, 0.4) is 0 Å². The van der Waals surface area contributed by atoms with Crippen molar-refractivity contribution in [2.24, 2.45) is 5.92 Å². The fourth-order valence-electron chi connectivity index (χ4n) is 2.91. The first-order valence-corrected chi connectivity index (χ1v) is 8.07. The maximum absolute atomic E-state index is 13.8. The van der Waals surface area contributed by atoms with E-state index in [4.69, 9.17) is 0 Å². The molecule has 5 heteroatoms. The Morgan fingerprint density at radius 2 is 1.88 bits per heavy atom. The normalized spacial score (nSPS) is 19.0. The van der Waals surface area contributed by atoms with Gasteiger partial charge in [-0.1, -0.05) is 12.1 Å². The molecule has 24 heavy (non-hydrogen) atoms. The monoisotopic (exact) mass is 330 g/mol. The Morgan fingerprint density at radius 3 is 2.54 bits per heavy atom. The van der Waals surface area contributed by atoms with Crippen molar-refractivity contribution in [3.8, 4) is 0 Å². The number of hydrogen-bond acceptors (Lipinski definition) is 2. The Morgan fingerprint density at radius 1 is 1.21 bits per heavy atom. The molecule has 0 radical (unpaired) electrons. The quantitative estimate of drug-likeness (QED) is 0.893. The highest BCUT2D eigenvalue weighted by Gasteiger charge is 2.46. The lowest BCUT2D eigenvalue weighted by molar-refractivity contribution is -0.117. The minimum atomic E-state index is -0.582. The van der Waals surface area contributed by atoms with Crippen LogP contribution in [-0.4, -0.2) is 19.5 Å². The summed E-state index contributed by atoms with van der Waals surface area (Å²) in [5.74, 6) is -2.13. The molecule has 0 saturated heterocycles. The van der Waals surface area contributed by atoms with E-state index >= 15 is 0 Å². The van der Waals surface area contributed by atoms with Gasteiger partial charge in [0.25, 0.3) is 0 Å². The third-order valence-corrected chi connectivity index (χ3v) is 4.53. The fraction of sp³-hybridized carbons (Fsp3) is 0.316. The van der Waals surface area contributed by atoms with Crippen molar-refractivity contribution in [2.75, 3.05) is 23.8 Å². The molecule has 3 rings (SSSR count). The van der Waals surface area contributed by atoms with Crippen molar-refractivity contribution in [3.63, 3.8) is 0 Å². The molecular weight excluding hydrogens is 310 g/mol. The van der Waals surface area contributed by atoms with Crippen LogP contribution in [0.25, 0.3) is 0 Å². The summed E-state index contributed by atoms with van der Waals surface area (Å²) in [6.45, 7) is 2.90. The summed E-state index contributed by atoms with van der Waals surface area (Å²) in [4.78, 5) is 14.4. The molecule has 1 aliphatic carbocycles. The van der Waals surface area contributed by atoms with Crippen LogP contribution in [0.2, 0.25) is 0 Å². The summed E-state index contributed by atoms with van der Waals surface area (Å²) in [7, 11) is 1.97. The number of anilines is 2. The molecule has 1 fully saturated rings. The van der Waals surface area contributed by atoms with Crippen LogP contribution in [0, 0.1) is 17.6 Å². The van der Waals surface area contributed by atoms with Crippen LogP contribution in [0.15, 0.2) is 42.5 Å². The van der Waals surface area contributed by atoms with Gasteiger partial charge in [-0.05, 0) is 43.7 Å². The van der Waals surface area contributed by atoms with Gasteiger partial charge in [0.2, 0.25) is 5.91 Å². The summed E-state index contributed by atoms with van der Waals surface area (Å²) in [5.41, 5.74) is 1.72. The van der Waals surface area contributed by atoms with Crippen LogP contribution in [0.1, 0.15) is 24.8 Å². The lowest BCUT2D eigenvalue weighted by Gasteiger charge is -2.17. The van der Waals surface area contributed by atoms with Crippen LogP contribution in [0.5, 0.6) is 0 Å². The third-order valence-electron chi connectivity index (χ3n) is 4.53. The SMILES string of the molecule is CCN(C)c1cccc(NC(=O)C2CC2c2c(F)cccc2F)c1. The average Bonchev–Trinajstić information content (AvgIpc) is 3.34. The van der Waals surface area contributed by atoms with E-state index in [0.717, 1.165) is 12.2 Å². The molecule has 2 atom stereocenters. The second-order valence-electron chi connectivity index (χ2n) is 6.14. The Labute approximate surface area is 140 Å². The van der Waals surface area contributed by atoms with Crippen molar-refractivity contribution < 1.29 is 13.6 Å². The first kappa shape index (κ1) is 16.4. The Kier molecular flexibility index (Phi) is 4.51. The second kappa shape index (κ2) is 6.59. The van der Waals surface area contributed by atoms with Gasteiger partial charge in [-0.2, -0.15) is 0 Å². The van der Waals surface area contributed by atoms with E-state index in [2.05, 4.69) is 10.2 Å². The average molecular weight is 330 g/mol. The molecule has 1 aliphatic rings. The number of benzene rings is 2. The van der Waals surface area contributed by atoms with E-state index in [1.165, 1.54) is 18.2 Å². The predicted octanol–water partition coefficient (Wildman–Crippen LogP) is 4.16. The molecule has 2 unspecified atom stereocenters. The number of amides is 1.